The van der Waals surface area contributed by atoms with Crippen molar-refractivity contribution in [2.45, 2.75) is 18.4 Å². The summed E-state index contributed by atoms with van der Waals surface area (Å²) in [7, 11) is 0. The SMILES string of the molecule is O=[N+]([O-])c1ccc2nc(NC3(CO)CCOCC3)[nH]c2c1. The first-order valence-corrected chi connectivity index (χ1v) is 6.73. The number of hydrogen-bond donors (Lipinski definition) is 3. The highest BCUT2D eigenvalue weighted by Crippen LogP contribution is 2.26. The van der Waals surface area contributed by atoms with Crippen LogP contribution < -0.4 is 5.32 Å². The molecule has 0 radical (unpaired) electrons. The van der Waals surface area contributed by atoms with Crippen LogP contribution in [0.4, 0.5) is 11.6 Å². The summed E-state index contributed by atoms with van der Waals surface area (Å²) >= 11 is 0. The maximum atomic E-state index is 10.8. The van der Waals surface area contributed by atoms with E-state index in [0.29, 0.717) is 43.0 Å². The number of H-pyrrole nitrogens is 1. The Labute approximate surface area is 120 Å². The van der Waals surface area contributed by atoms with Gasteiger partial charge in [-0.05, 0) is 18.9 Å². The van der Waals surface area contributed by atoms with Gasteiger partial charge in [-0.1, -0.05) is 0 Å². The zero-order chi connectivity index (χ0) is 14.9. The molecule has 2 heterocycles. The number of imidazole rings is 1. The Balaban J connectivity index is 1.88. The molecule has 1 aliphatic heterocycles. The molecule has 1 aliphatic rings. The van der Waals surface area contributed by atoms with Gasteiger partial charge in [0.1, 0.15) is 0 Å². The van der Waals surface area contributed by atoms with Crippen molar-refractivity contribution < 1.29 is 14.8 Å². The van der Waals surface area contributed by atoms with Crippen molar-refractivity contribution in [1.29, 1.82) is 0 Å². The molecule has 0 bridgehead atoms. The van der Waals surface area contributed by atoms with E-state index in [0.717, 1.165) is 0 Å². The van der Waals surface area contributed by atoms with E-state index in [4.69, 9.17) is 4.74 Å². The molecule has 0 spiro atoms. The number of fused-ring (bicyclic) bond motifs is 1. The van der Waals surface area contributed by atoms with Gasteiger partial charge in [-0.2, -0.15) is 0 Å². The van der Waals surface area contributed by atoms with Crippen molar-refractivity contribution in [2.24, 2.45) is 0 Å². The van der Waals surface area contributed by atoms with Crippen molar-refractivity contribution in [1.82, 2.24) is 9.97 Å². The van der Waals surface area contributed by atoms with Crippen LogP contribution in [0.5, 0.6) is 0 Å². The van der Waals surface area contributed by atoms with Crippen molar-refractivity contribution in [3.8, 4) is 0 Å². The topological polar surface area (TPSA) is 113 Å². The minimum absolute atomic E-state index is 0.0145. The maximum Gasteiger partial charge on any atom is 0.271 e. The lowest BCUT2D eigenvalue weighted by Gasteiger charge is -2.36. The summed E-state index contributed by atoms with van der Waals surface area (Å²) in [6.07, 6.45) is 1.36. The second-order valence-corrected chi connectivity index (χ2v) is 5.22. The highest BCUT2D eigenvalue weighted by atomic mass is 16.6. The van der Waals surface area contributed by atoms with Crippen molar-refractivity contribution in [3.63, 3.8) is 0 Å². The van der Waals surface area contributed by atoms with E-state index in [2.05, 4.69) is 15.3 Å². The molecule has 2 aromatic rings. The highest BCUT2D eigenvalue weighted by Gasteiger charge is 2.32. The molecule has 1 fully saturated rings. The van der Waals surface area contributed by atoms with Gasteiger partial charge in [0.05, 0.1) is 28.1 Å². The number of rotatable bonds is 4. The number of nitrogens with zero attached hydrogens (tertiary/aromatic N) is 2. The lowest BCUT2D eigenvalue weighted by molar-refractivity contribution is -0.384. The molecule has 8 nitrogen and oxygen atoms in total. The molecule has 1 aromatic heterocycles. The van der Waals surface area contributed by atoms with E-state index in [1.54, 1.807) is 6.07 Å². The fourth-order valence-electron chi connectivity index (χ4n) is 2.51. The van der Waals surface area contributed by atoms with E-state index >= 15 is 0 Å². The number of benzene rings is 1. The van der Waals surface area contributed by atoms with Crippen LogP contribution in [0.3, 0.4) is 0 Å². The molecular weight excluding hydrogens is 276 g/mol. The Bertz CT molecular complexity index is 663. The van der Waals surface area contributed by atoms with E-state index in [9.17, 15) is 15.2 Å². The third-order valence-corrected chi connectivity index (χ3v) is 3.81. The van der Waals surface area contributed by atoms with Crippen LogP contribution in [0, 0.1) is 10.1 Å². The van der Waals surface area contributed by atoms with Crippen LogP contribution in [0.25, 0.3) is 11.0 Å². The number of aromatic amines is 1. The van der Waals surface area contributed by atoms with Gasteiger partial charge in [-0.15, -0.1) is 0 Å². The lowest BCUT2D eigenvalue weighted by atomic mass is 9.91. The number of nitro groups is 1. The van der Waals surface area contributed by atoms with Crippen LogP contribution in [0.1, 0.15) is 12.8 Å². The molecule has 0 unspecified atom stereocenters. The first-order chi connectivity index (χ1) is 10.1. The molecular formula is C13H16N4O4. The summed E-state index contributed by atoms with van der Waals surface area (Å²) in [5.74, 6) is 0.501. The Hall–Kier alpha value is -2.19. The lowest BCUT2D eigenvalue weighted by Crippen LogP contribution is -2.47. The van der Waals surface area contributed by atoms with Crippen LogP contribution in [-0.2, 0) is 4.74 Å². The van der Waals surface area contributed by atoms with Gasteiger partial charge in [-0.3, -0.25) is 10.1 Å². The van der Waals surface area contributed by atoms with Crippen molar-refractivity contribution in [2.75, 3.05) is 25.1 Å². The molecule has 21 heavy (non-hydrogen) atoms. The van der Waals surface area contributed by atoms with Crippen molar-refractivity contribution in [3.05, 3.63) is 28.3 Å². The standard InChI is InChI=1S/C13H16N4O4/c18-8-13(3-5-21-6-4-13)16-12-14-10-2-1-9(17(19)20)7-11(10)15-12/h1-2,7,18H,3-6,8H2,(H2,14,15,16). The van der Waals surface area contributed by atoms with E-state index in [1.165, 1.54) is 12.1 Å². The second kappa shape index (κ2) is 5.30. The van der Waals surface area contributed by atoms with Gasteiger partial charge in [0.15, 0.2) is 0 Å². The van der Waals surface area contributed by atoms with Crippen LogP contribution in [-0.4, -0.2) is 45.4 Å². The Kier molecular flexibility index (Phi) is 3.48. The fraction of sp³-hybridized carbons (Fsp3) is 0.462. The minimum Gasteiger partial charge on any atom is -0.394 e. The van der Waals surface area contributed by atoms with E-state index < -0.39 is 10.5 Å². The summed E-state index contributed by atoms with van der Waals surface area (Å²) in [5.41, 5.74) is 0.786. The number of ether oxygens (including phenoxy) is 1. The highest BCUT2D eigenvalue weighted by molar-refractivity contribution is 5.80. The number of non-ortho nitro benzene ring substituents is 1. The van der Waals surface area contributed by atoms with Crippen LogP contribution in [0.2, 0.25) is 0 Å². The smallest absolute Gasteiger partial charge is 0.271 e. The van der Waals surface area contributed by atoms with Gasteiger partial charge >= 0.3 is 0 Å². The predicted octanol–water partition coefficient (Wildman–Crippen LogP) is 1.42. The average Bonchev–Trinajstić information content (AvgIpc) is 2.89. The number of nitrogens with one attached hydrogen (secondary N) is 2. The number of nitro benzene ring substituents is 1. The summed E-state index contributed by atoms with van der Waals surface area (Å²) in [6, 6.07) is 4.47. The fourth-order valence-corrected chi connectivity index (χ4v) is 2.51. The minimum atomic E-state index is -0.460. The van der Waals surface area contributed by atoms with Gasteiger partial charge in [-0.25, -0.2) is 4.98 Å². The molecule has 0 atom stereocenters. The van der Waals surface area contributed by atoms with Gasteiger partial charge in [0.2, 0.25) is 5.95 Å². The molecule has 1 saturated heterocycles. The molecule has 0 amide bonds. The molecule has 1 aromatic carbocycles. The largest absolute Gasteiger partial charge is 0.394 e. The number of hydrogen-bond acceptors (Lipinski definition) is 6. The van der Waals surface area contributed by atoms with E-state index in [-0.39, 0.29) is 12.3 Å². The summed E-state index contributed by atoms with van der Waals surface area (Å²) < 4.78 is 5.31. The molecule has 8 heteroatoms. The molecule has 0 aliphatic carbocycles. The molecule has 112 valence electrons. The average molecular weight is 292 g/mol. The predicted molar refractivity (Wildman–Crippen MR) is 76.2 cm³/mol. The molecule has 3 N–H and O–H groups in total. The summed E-state index contributed by atoms with van der Waals surface area (Å²) in [4.78, 5) is 17.7. The van der Waals surface area contributed by atoms with Crippen LogP contribution >= 0.6 is 0 Å². The first-order valence-electron chi connectivity index (χ1n) is 6.73. The third kappa shape index (κ3) is 2.67. The quantitative estimate of drug-likeness (QED) is 0.580. The Morgan fingerprint density at radius 2 is 2.24 bits per heavy atom. The third-order valence-electron chi connectivity index (χ3n) is 3.81. The van der Waals surface area contributed by atoms with Crippen LogP contribution in [0.15, 0.2) is 18.2 Å². The molecule has 0 saturated carbocycles. The first kappa shape index (κ1) is 13.8. The zero-order valence-corrected chi connectivity index (χ0v) is 11.3. The zero-order valence-electron chi connectivity index (χ0n) is 11.3. The van der Waals surface area contributed by atoms with Crippen molar-refractivity contribution >= 4 is 22.7 Å². The summed E-state index contributed by atoms with van der Waals surface area (Å²) in [5, 5.41) is 23.6. The normalized spacial score (nSPS) is 17.8. The molecule has 3 rings (SSSR count). The second-order valence-electron chi connectivity index (χ2n) is 5.22. The van der Waals surface area contributed by atoms with Gasteiger partial charge in [0.25, 0.3) is 5.69 Å². The number of aliphatic hydroxyl groups excluding tert-OH is 1. The van der Waals surface area contributed by atoms with Gasteiger partial charge in [0, 0.05) is 25.3 Å². The monoisotopic (exact) mass is 292 g/mol. The Morgan fingerprint density at radius 1 is 1.48 bits per heavy atom. The number of anilines is 1. The number of aliphatic hydroxyl groups is 1. The van der Waals surface area contributed by atoms with Gasteiger partial charge < -0.3 is 20.1 Å². The summed E-state index contributed by atoms with van der Waals surface area (Å²) in [6.45, 7) is 1.14. The van der Waals surface area contributed by atoms with E-state index in [1.807, 2.05) is 0 Å². The maximum absolute atomic E-state index is 10.8. The number of aromatic nitrogens is 2. The Morgan fingerprint density at radius 3 is 2.90 bits per heavy atom.